The maximum Gasteiger partial charge on any atom is 0.146 e. The largest absolute Gasteiger partial charge is 0.369 e. The molecule has 2 nitrogen and oxygen atoms in total. The third kappa shape index (κ3) is 4.20. The summed E-state index contributed by atoms with van der Waals surface area (Å²) in [7, 11) is 0. The summed E-state index contributed by atoms with van der Waals surface area (Å²) in [5.41, 5.74) is 1.94. The topological polar surface area (TPSA) is 15.3 Å². The fourth-order valence-corrected chi connectivity index (χ4v) is 2.35. The Balaban J connectivity index is 2.08. The van der Waals surface area contributed by atoms with Crippen LogP contribution in [0.3, 0.4) is 0 Å². The van der Waals surface area contributed by atoms with Crippen molar-refractivity contribution < 1.29 is 4.39 Å². The third-order valence-corrected chi connectivity index (χ3v) is 3.51. The number of anilines is 1. The van der Waals surface area contributed by atoms with Crippen LogP contribution in [0, 0.1) is 5.82 Å². The molecule has 0 aliphatic heterocycles. The van der Waals surface area contributed by atoms with Crippen LogP contribution >= 0.6 is 0 Å². The first kappa shape index (κ1) is 14.3. The number of halogens is 1. The van der Waals surface area contributed by atoms with E-state index >= 15 is 0 Å². The van der Waals surface area contributed by atoms with Crippen LogP contribution in [0.1, 0.15) is 45.1 Å². The average molecular weight is 264 g/mol. The highest BCUT2D eigenvalue weighted by molar-refractivity contribution is 5.50. The van der Waals surface area contributed by atoms with Gasteiger partial charge in [-0.25, -0.2) is 4.39 Å². The van der Waals surface area contributed by atoms with E-state index in [1.807, 2.05) is 12.1 Å². The highest BCUT2D eigenvalue weighted by Crippen LogP contribution is 2.23. The van der Waals surface area contributed by atoms with Crippen molar-refractivity contribution in [2.75, 3.05) is 18.0 Å². The summed E-state index contributed by atoms with van der Waals surface area (Å²) in [6.07, 6.45) is 4.66. The zero-order chi connectivity index (χ0) is 13.7. The second kappa shape index (κ2) is 6.90. The smallest absolute Gasteiger partial charge is 0.146 e. The summed E-state index contributed by atoms with van der Waals surface area (Å²) in [4.78, 5) is 2.16. The lowest BCUT2D eigenvalue weighted by atomic mass is 10.1. The van der Waals surface area contributed by atoms with Crippen molar-refractivity contribution in [3.05, 3.63) is 29.6 Å². The van der Waals surface area contributed by atoms with E-state index in [2.05, 4.69) is 24.1 Å². The molecule has 1 aliphatic rings. The maximum atomic E-state index is 14.0. The maximum absolute atomic E-state index is 14.0. The van der Waals surface area contributed by atoms with Gasteiger partial charge in [0, 0.05) is 25.7 Å². The van der Waals surface area contributed by atoms with Crippen molar-refractivity contribution in [3.8, 4) is 0 Å². The summed E-state index contributed by atoms with van der Waals surface area (Å²) in [5, 5.41) is 3.48. The summed E-state index contributed by atoms with van der Waals surface area (Å²) in [6.45, 7) is 6.97. The van der Waals surface area contributed by atoms with Gasteiger partial charge in [0.2, 0.25) is 0 Å². The first-order chi connectivity index (χ1) is 9.24. The van der Waals surface area contributed by atoms with Crippen molar-refractivity contribution in [3.63, 3.8) is 0 Å². The predicted octanol–water partition coefficient (Wildman–Crippen LogP) is 3.70. The van der Waals surface area contributed by atoms with E-state index in [-0.39, 0.29) is 5.82 Å². The second-order valence-corrected chi connectivity index (χ2v) is 5.43. The molecule has 0 heterocycles. The molecule has 0 amide bonds. The number of nitrogens with zero attached hydrogens (tertiary/aromatic N) is 1. The average Bonchev–Trinajstić information content (AvgIpc) is 3.22. The number of benzene rings is 1. The van der Waals surface area contributed by atoms with Crippen LogP contribution in [0.2, 0.25) is 0 Å². The molecule has 1 fully saturated rings. The lowest BCUT2D eigenvalue weighted by Gasteiger charge is -2.25. The minimum absolute atomic E-state index is 0.0999. The summed E-state index contributed by atoms with van der Waals surface area (Å²) >= 11 is 0. The van der Waals surface area contributed by atoms with Crippen molar-refractivity contribution in [1.82, 2.24) is 5.32 Å². The number of rotatable bonds is 8. The van der Waals surface area contributed by atoms with Gasteiger partial charge in [-0.1, -0.05) is 19.9 Å². The van der Waals surface area contributed by atoms with Gasteiger partial charge in [0.25, 0.3) is 0 Å². The monoisotopic (exact) mass is 264 g/mol. The Morgan fingerprint density at radius 3 is 2.47 bits per heavy atom. The van der Waals surface area contributed by atoms with Gasteiger partial charge in [0.15, 0.2) is 0 Å². The Kier molecular flexibility index (Phi) is 5.20. The molecule has 19 heavy (non-hydrogen) atoms. The summed E-state index contributed by atoms with van der Waals surface area (Å²) < 4.78 is 14.0. The van der Waals surface area contributed by atoms with E-state index < -0.39 is 0 Å². The minimum Gasteiger partial charge on any atom is -0.369 e. The summed E-state index contributed by atoms with van der Waals surface area (Å²) in [6, 6.07) is 6.20. The Labute approximate surface area is 116 Å². The molecule has 3 heteroatoms. The van der Waals surface area contributed by atoms with Crippen LogP contribution in [0.4, 0.5) is 10.1 Å². The molecule has 0 radical (unpaired) electrons. The third-order valence-electron chi connectivity index (χ3n) is 3.51. The zero-order valence-electron chi connectivity index (χ0n) is 12.1. The van der Waals surface area contributed by atoms with Crippen LogP contribution in [-0.4, -0.2) is 19.1 Å². The Bertz CT molecular complexity index is 396. The lowest BCUT2D eigenvalue weighted by molar-refractivity contribution is 0.610. The van der Waals surface area contributed by atoms with Crippen LogP contribution in [0.5, 0.6) is 0 Å². The fraction of sp³-hybridized carbons (Fsp3) is 0.625. The quantitative estimate of drug-likeness (QED) is 0.770. The Morgan fingerprint density at radius 1 is 1.21 bits per heavy atom. The van der Waals surface area contributed by atoms with Crippen LogP contribution in [0.15, 0.2) is 18.2 Å². The lowest BCUT2D eigenvalue weighted by Crippen LogP contribution is -2.26. The molecule has 0 aromatic heterocycles. The highest BCUT2D eigenvalue weighted by Gasteiger charge is 2.20. The predicted molar refractivity (Wildman–Crippen MR) is 79.1 cm³/mol. The molecule has 0 spiro atoms. The van der Waals surface area contributed by atoms with Crippen molar-refractivity contribution in [2.45, 2.75) is 52.1 Å². The molecule has 0 atom stereocenters. The molecule has 2 rings (SSSR count). The van der Waals surface area contributed by atoms with Crippen LogP contribution in [-0.2, 0) is 6.54 Å². The van der Waals surface area contributed by atoms with Crippen LogP contribution < -0.4 is 10.2 Å². The molecule has 1 aromatic carbocycles. The molecule has 1 aliphatic carbocycles. The normalized spacial score (nSPS) is 14.7. The number of hydrogen-bond acceptors (Lipinski definition) is 2. The van der Waals surface area contributed by atoms with E-state index in [0.717, 1.165) is 38.2 Å². The van der Waals surface area contributed by atoms with Crippen molar-refractivity contribution >= 4 is 5.69 Å². The highest BCUT2D eigenvalue weighted by atomic mass is 19.1. The molecule has 1 aromatic rings. The molecule has 0 saturated heterocycles. The van der Waals surface area contributed by atoms with Gasteiger partial charge in [-0.3, -0.25) is 0 Å². The van der Waals surface area contributed by atoms with Gasteiger partial charge < -0.3 is 10.2 Å². The van der Waals surface area contributed by atoms with Gasteiger partial charge in [-0.05, 0) is 43.4 Å². The first-order valence-electron chi connectivity index (χ1n) is 7.51. The van der Waals surface area contributed by atoms with Crippen molar-refractivity contribution in [2.24, 2.45) is 0 Å². The SMILES string of the molecule is CCCN(CCC)c1cc(CNC2CC2)ccc1F. The van der Waals surface area contributed by atoms with E-state index in [9.17, 15) is 4.39 Å². The van der Waals surface area contributed by atoms with E-state index in [1.165, 1.54) is 18.4 Å². The zero-order valence-corrected chi connectivity index (χ0v) is 12.1. The van der Waals surface area contributed by atoms with Crippen LogP contribution in [0.25, 0.3) is 0 Å². The van der Waals surface area contributed by atoms with E-state index in [4.69, 9.17) is 0 Å². The molecule has 0 bridgehead atoms. The van der Waals surface area contributed by atoms with Gasteiger partial charge >= 0.3 is 0 Å². The fourth-order valence-electron chi connectivity index (χ4n) is 2.35. The molecule has 1 saturated carbocycles. The number of hydrogen-bond donors (Lipinski definition) is 1. The molecular weight excluding hydrogens is 239 g/mol. The molecular formula is C16H25FN2. The van der Waals surface area contributed by atoms with Gasteiger partial charge in [0.1, 0.15) is 5.82 Å². The van der Waals surface area contributed by atoms with E-state index in [1.54, 1.807) is 6.07 Å². The first-order valence-corrected chi connectivity index (χ1v) is 7.51. The van der Waals surface area contributed by atoms with Gasteiger partial charge in [0.05, 0.1) is 5.69 Å². The second-order valence-electron chi connectivity index (χ2n) is 5.43. The Hall–Kier alpha value is -1.09. The molecule has 106 valence electrons. The van der Waals surface area contributed by atoms with Gasteiger partial charge in [-0.15, -0.1) is 0 Å². The Morgan fingerprint density at radius 2 is 1.89 bits per heavy atom. The van der Waals surface area contributed by atoms with E-state index in [0.29, 0.717) is 6.04 Å². The standard InChI is InChI=1S/C16H25FN2/c1-3-9-19(10-4-2)16-11-13(5-8-15(16)17)12-18-14-6-7-14/h5,8,11,14,18H,3-4,6-7,9-10,12H2,1-2H3. The van der Waals surface area contributed by atoms with Crippen molar-refractivity contribution in [1.29, 1.82) is 0 Å². The minimum atomic E-state index is -0.0999. The molecule has 0 unspecified atom stereocenters. The van der Waals surface area contributed by atoms with Gasteiger partial charge in [-0.2, -0.15) is 0 Å². The number of nitrogens with one attached hydrogen (secondary N) is 1. The summed E-state index contributed by atoms with van der Waals surface area (Å²) in [5.74, 6) is -0.0999. The molecule has 1 N–H and O–H groups in total.